The third-order valence-electron chi connectivity index (χ3n) is 6.44. The molecule has 1 aliphatic rings. The number of amides is 2. The maximum Gasteiger partial charge on any atom is 0.267 e. The summed E-state index contributed by atoms with van der Waals surface area (Å²) in [5, 5.41) is 19.5. The number of aryl methyl sites for hydroxylation is 1. The number of hydrogen-bond donors (Lipinski definition) is 4. The molecule has 3 aromatic rings. The molecule has 5 N–H and O–H groups in total. The maximum absolute atomic E-state index is 11.5. The largest absolute Gasteiger partial charge is 0.395 e. The second-order valence-corrected chi connectivity index (χ2v) is 8.60. The second-order valence-electron chi connectivity index (χ2n) is 8.60. The average Bonchev–Trinajstić information content (AvgIpc) is 3.41. The number of primary amides is 1. The number of benzene rings is 2. The van der Waals surface area contributed by atoms with E-state index >= 15 is 0 Å². The number of rotatable bonds is 10. The molecular formula is C26H30N4O4. The second kappa shape index (κ2) is 10.6. The molecule has 0 bridgehead atoms. The maximum atomic E-state index is 11.5. The summed E-state index contributed by atoms with van der Waals surface area (Å²) in [5.74, 6) is -0.937. The minimum Gasteiger partial charge on any atom is -0.395 e. The van der Waals surface area contributed by atoms with Crippen molar-refractivity contribution >= 4 is 28.8 Å². The van der Waals surface area contributed by atoms with E-state index in [0.29, 0.717) is 6.54 Å². The number of hydrogen-bond acceptors (Lipinski definition) is 5. The molecule has 0 saturated carbocycles. The Kier molecular flexibility index (Phi) is 7.42. The predicted molar refractivity (Wildman–Crippen MR) is 130 cm³/mol. The van der Waals surface area contributed by atoms with Crippen molar-refractivity contribution in [3.05, 3.63) is 77.0 Å². The van der Waals surface area contributed by atoms with E-state index in [4.69, 9.17) is 10.9 Å². The van der Waals surface area contributed by atoms with Crippen LogP contribution in [0.15, 0.2) is 54.7 Å². The van der Waals surface area contributed by atoms with E-state index in [-0.39, 0.29) is 25.1 Å². The van der Waals surface area contributed by atoms with Crippen LogP contribution >= 0.6 is 0 Å². The first-order valence-corrected chi connectivity index (χ1v) is 11.4. The summed E-state index contributed by atoms with van der Waals surface area (Å²) in [6.45, 7) is 1.57. The topological polar surface area (TPSA) is 121 Å². The standard InChI is InChI=1S/C26H30N4O4/c27-25(32)17-30-16-20(21-3-1-2-4-23(21)30)11-12-29(13-14-31)24-9-7-19-15-18(5-8-22(19)24)6-10-26(33)28-34/h1-6,8,10,15-16,24,31,34H,7,9,11-14,17H2,(H2,27,32)(H,28,33)/b10-6+. The molecule has 2 aromatic carbocycles. The zero-order chi connectivity index (χ0) is 24.1. The Morgan fingerprint density at radius 2 is 2.03 bits per heavy atom. The lowest BCUT2D eigenvalue weighted by atomic mass is 10.0. The van der Waals surface area contributed by atoms with Gasteiger partial charge in [0.1, 0.15) is 6.54 Å². The van der Waals surface area contributed by atoms with Crippen LogP contribution in [0.4, 0.5) is 0 Å². The Hall–Kier alpha value is -3.46. The van der Waals surface area contributed by atoms with Crippen LogP contribution in [0.2, 0.25) is 0 Å². The highest BCUT2D eigenvalue weighted by molar-refractivity contribution is 5.90. The number of carbonyl (C=O) groups is 2. The number of aliphatic hydroxyl groups is 1. The number of nitrogens with two attached hydrogens (primary N) is 1. The number of aromatic nitrogens is 1. The zero-order valence-electron chi connectivity index (χ0n) is 19.0. The molecule has 1 heterocycles. The highest BCUT2D eigenvalue weighted by atomic mass is 16.5. The van der Waals surface area contributed by atoms with Gasteiger partial charge in [-0.2, -0.15) is 0 Å². The lowest BCUT2D eigenvalue weighted by Crippen LogP contribution is -2.32. The normalized spacial score (nSPS) is 15.3. The molecule has 0 fully saturated rings. The van der Waals surface area contributed by atoms with Crippen LogP contribution in [0.1, 0.15) is 34.7 Å². The van der Waals surface area contributed by atoms with Crippen LogP contribution in [0.25, 0.3) is 17.0 Å². The quantitative estimate of drug-likeness (QED) is 0.209. The smallest absolute Gasteiger partial charge is 0.267 e. The van der Waals surface area contributed by atoms with Gasteiger partial charge in [-0.25, -0.2) is 5.48 Å². The monoisotopic (exact) mass is 462 g/mol. The van der Waals surface area contributed by atoms with Crippen molar-refractivity contribution in [3.63, 3.8) is 0 Å². The molecule has 0 spiro atoms. The summed E-state index contributed by atoms with van der Waals surface area (Å²) in [6.07, 6.45) is 7.65. The lowest BCUT2D eigenvalue weighted by Gasteiger charge is -2.29. The fourth-order valence-corrected chi connectivity index (χ4v) is 4.94. The molecule has 0 aliphatic heterocycles. The first-order valence-electron chi connectivity index (χ1n) is 11.4. The van der Waals surface area contributed by atoms with Crippen LogP contribution in [0.5, 0.6) is 0 Å². The molecule has 0 saturated heterocycles. The number of hydroxylamine groups is 1. The van der Waals surface area contributed by atoms with Gasteiger partial charge >= 0.3 is 0 Å². The molecule has 0 radical (unpaired) electrons. The molecule has 1 atom stereocenters. The van der Waals surface area contributed by atoms with Crippen molar-refractivity contribution < 1.29 is 19.9 Å². The first-order chi connectivity index (χ1) is 16.5. The Morgan fingerprint density at radius 1 is 1.21 bits per heavy atom. The zero-order valence-corrected chi connectivity index (χ0v) is 19.0. The summed E-state index contributed by atoms with van der Waals surface area (Å²) in [5.41, 5.74) is 12.6. The summed E-state index contributed by atoms with van der Waals surface area (Å²) in [7, 11) is 0. The predicted octanol–water partition coefficient (Wildman–Crippen LogP) is 2.17. The first kappa shape index (κ1) is 23.7. The van der Waals surface area contributed by atoms with Gasteiger partial charge in [0.2, 0.25) is 5.91 Å². The number of nitrogens with one attached hydrogen (secondary N) is 1. The number of carbonyl (C=O) groups excluding carboxylic acids is 2. The van der Waals surface area contributed by atoms with Crippen LogP contribution in [-0.2, 0) is 29.0 Å². The van der Waals surface area contributed by atoms with Crippen molar-refractivity contribution in [3.8, 4) is 0 Å². The van der Waals surface area contributed by atoms with Crippen LogP contribution in [-0.4, -0.2) is 51.3 Å². The Balaban J connectivity index is 1.52. The van der Waals surface area contributed by atoms with E-state index in [2.05, 4.69) is 23.1 Å². The highest BCUT2D eigenvalue weighted by Crippen LogP contribution is 2.36. The van der Waals surface area contributed by atoms with Crippen molar-refractivity contribution in [2.24, 2.45) is 5.73 Å². The number of nitrogens with zero attached hydrogens (tertiary/aromatic N) is 2. The van der Waals surface area contributed by atoms with Gasteiger partial charge in [-0.3, -0.25) is 19.7 Å². The minimum absolute atomic E-state index is 0.0758. The molecule has 8 nitrogen and oxygen atoms in total. The van der Waals surface area contributed by atoms with Crippen molar-refractivity contribution in [1.82, 2.24) is 14.9 Å². The Bertz CT molecular complexity index is 1220. The van der Waals surface area contributed by atoms with Gasteiger partial charge in [0.15, 0.2) is 0 Å². The van der Waals surface area contributed by atoms with Crippen LogP contribution < -0.4 is 11.2 Å². The fourth-order valence-electron chi connectivity index (χ4n) is 4.94. The molecule has 1 aromatic heterocycles. The Morgan fingerprint density at radius 3 is 2.79 bits per heavy atom. The molecule has 8 heteroatoms. The van der Waals surface area contributed by atoms with E-state index in [9.17, 15) is 14.7 Å². The van der Waals surface area contributed by atoms with Gasteiger partial charge in [-0.1, -0.05) is 36.4 Å². The van der Waals surface area contributed by atoms with Crippen LogP contribution in [0.3, 0.4) is 0 Å². The summed E-state index contributed by atoms with van der Waals surface area (Å²) in [4.78, 5) is 25.1. The van der Waals surface area contributed by atoms with E-state index in [0.717, 1.165) is 47.8 Å². The van der Waals surface area contributed by atoms with E-state index in [1.54, 1.807) is 11.6 Å². The van der Waals surface area contributed by atoms with E-state index < -0.39 is 5.91 Å². The van der Waals surface area contributed by atoms with Crippen LogP contribution in [0, 0.1) is 0 Å². The van der Waals surface area contributed by atoms with Gasteiger partial charge in [-0.05, 0) is 53.7 Å². The van der Waals surface area contributed by atoms with E-state index in [1.807, 2.05) is 35.0 Å². The van der Waals surface area contributed by atoms with Crippen molar-refractivity contribution in [2.75, 3.05) is 19.7 Å². The summed E-state index contributed by atoms with van der Waals surface area (Å²) < 4.78 is 1.90. The summed E-state index contributed by atoms with van der Waals surface area (Å²) in [6, 6.07) is 14.4. The van der Waals surface area contributed by atoms with Gasteiger partial charge in [-0.15, -0.1) is 0 Å². The lowest BCUT2D eigenvalue weighted by molar-refractivity contribution is -0.124. The number of fused-ring (bicyclic) bond motifs is 2. The van der Waals surface area contributed by atoms with Gasteiger partial charge < -0.3 is 15.4 Å². The van der Waals surface area contributed by atoms with Gasteiger partial charge in [0.25, 0.3) is 5.91 Å². The molecule has 178 valence electrons. The molecule has 1 aliphatic carbocycles. The van der Waals surface area contributed by atoms with E-state index in [1.165, 1.54) is 17.2 Å². The molecule has 2 amide bonds. The number of aliphatic hydroxyl groups excluding tert-OH is 1. The van der Waals surface area contributed by atoms with Crippen molar-refractivity contribution in [1.29, 1.82) is 0 Å². The molecule has 4 rings (SSSR count). The highest BCUT2D eigenvalue weighted by Gasteiger charge is 2.28. The molecule has 1 unspecified atom stereocenters. The fraction of sp³-hybridized carbons (Fsp3) is 0.308. The minimum atomic E-state index is -0.565. The third kappa shape index (κ3) is 5.20. The molecular weight excluding hydrogens is 432 g/mol. The Labute approximate surface area is 198 Å². The van der Waals surface area contributed by atoms with Gasteiger partial charge in [0, 0.05) is 42.3 Å². The number of para-hydroxylation sites is 1. The summed E-state index contributed by atoms with van der Waals surface area (Å²) >= 11 is 0. The van der Waals surface area contributed by atoms with Crippen molar-refractivity contribution in [2.45, 2.75) is 31.8 Å². The molecule has 34 heavy (non-hydrogen) atoms. The third-order valence-corrected chi connectivity index (χ3v) is 6.44. The van der Waals surface area contributed by atoms with Gasteiger partial charge in [0.05, 0.1) is 6.61 Å². The SMILES string of the molecule is NC(=O)Cn1cc(CCN(CCO)C2CCc3cc(/C=C/C(=O)NO)ccc32)c2ccccc21. The average molecular weight is 463 g/mol.